The Morgan fingerprint density at radius 3 is 2.30 bits per heavy atom. The van der Waals surface area contributed by atoms with Gasteiger partial charge in [-0.15, -0.1) is 0 Å². The van der Waals surface area contributed by atoms with Crippen molar-refractivity contribution in [3.8, 4) is 11.5 Å². The standard InChI is InChI=1S/C21H25NO5/c1-3-15-8-4-7-11-19(15)27-14-20(23)22-13-17(21(24)25)12-16-9-5-6-10-18(16)26-2/h4-11,17H,3,12-14H2,1-2H3,(H,22,23)(H,24,25). The molecule has 6 nitrogen and oxygen atoms in total. The van der Waals surface area contributed by atoms with Gasteiger partial charge in [-0.25, -0.2) is 0 Å². The molecule has 0 heterocycles. The highest BCUT2D eigenvalue weighted by molar-refractivity contribution is 5.78. The number of nitrogens with one attached hydrogen (secondary N) is 1. The summed E-state index contributed by atoms with van der Waals surface area (Å²) in [7, 11) is 1.54. The zero-order valence-corrected chi connectivity index (χ0v) is 15.6. The average molecular weight is 371 g/mol. The molecule has 2 aromatic rings. The van der Waals surface area contributed by atoms with Crippen LogP contribution in [-0.4, -0.2) is 37.2 Å². The molecule has 6 heteroatoms. The van der Waals surface area contributed by atoms with Crippen LogP contribution < -0.4 is 14.8 Å². The van der Waals surface area contributed by atoms with Crippen molar-refractivity contribution in [1.29, 1.82) is 0 Å². The summed E-state index contributed by atoms with van der Waals surface area (Å²) in [6.45, 7) is 1.88. The van der Waals surface area contributed by atoms with Crippen LogP contribution in [0.1, 0.15) is 18.1 Å². The number of benzene rings is 2. The third kappa shape index (κ3) is 6.02. The molecule has 1 amide bonds. The molecule has 2 N–H and O–H groups in total. The number of carboxylic acids is 1. The van der Waals surface area contributed by atoms with Gasteiger partial charge in [0.1, 0.15) is 11.5 Å². The van der Waals surface area contributed by atoms with E-state index in [-0.39, 0.29) is 25.5 Å². The SMILES string of the molecule is CCc1ccccc1OCC(=O)NCC(Cc1ccccc1OC)C(=O)O. The Balaban J connectivity index is 1.89. The maximum absolute atomic E-state index is 12.1. The van der Waals surface area contributed by atoms with Gasteiger partial charge < -0.3 is 19.9 Å². The highest BCUT2D eigenvalue weighted by Gasteiger charge is 2.21. The predicted molar refractivity (Wildman–Crippen MR) is 102 cm³/mol. The Labute approximate surface area is 159 Å². The fraction of sp³-hybridized carbons (Fsp3) is 0.333. The van der Waals surface area contributed by atoms with Crippen molar-refractivity contribution >= 4 is 11.9 Å². The smallest absolute Gasteiger partial charge is 0.308 e. The van der Waals surface area contributed by atoms with Crippen molar-refractivity contribution in [2.45, 2.75) is 19.8 Å². The molecule has 0 spiro atoms. The van der Waals surface area contributed by atoms with Crippen LogP contribution in [0.25, 0.3) is 0 Å². The van der Waals surface area contributed by atoms with E-state index < -0.39 is 11.9 Å². The summed E-state index contributed by atoms with van der Waals surface area (Å²) in [6, 6.07) is 14.8. The minimum Gasteiger partial charge on any atom is -0.496 e. The molecule has 144 valence electrons. The van der Waals surface area contributed by atoms with E-state index in [0.29, 0.717) is 11.5 Å². The Kier molecular flexibility index (Phi) is 7.67. The lowest BCUT2D eigenvalue weighted by atomic mass is 9.98. The van der Waals surface area contributed by atoms with E-state index in [9.17, 15) is 14.7 Å². The number of para-hydroxylation sites is 2. The van der Waals surface area contributed by atoms with Crippen LogP contribution in [0.2, 0.25) is 0 Å². The number of carbonyl (C=O) groups excluding carboxylic acids is 1. The normalized spacial score (nSPS) is 11.5. The van der Waals surface area contributed by atoms with Crippen molar-refractivity contribution in [2.75, 3.05) is 20.3 Å². The van der Waals surface area contributed by atoms with E-state index in [4.69, 9.17) is 9.47 Å². The maximum Gasteiger partial charge on any atom is 0.308 e. The van der Waals surface area contributed by atoms with E-state index in [0.717, 1.165) is 17.5 Å². The molecule has 0 radical (unpaired) electrons. The fourth-order valence-electron chi connectivity index (χ4n) is 2.75. The van der Waals surface area contributed by atoms with E-state index in [1.807, 2.05) is 49.4 Å². The molecule has 1 unspecified atom stereocenters. The van der Waals surface area contributed by atoms with Gasteiger partial charge in [0.15, 0.2) is 6.61 Å². The number of methoxy groups -OCH3 is 1. The van der Waals surface area contributed by atoms with E-state index >= 15 is 0 Å². The summed E-state index contributed by atoms with van der Waals surface area (Å²) < 4.78 is 10.8. The second kappa shape index (κ2) is 10.2. The Hall–Kier alpha value is -3.02. The minimum absolute atomic E-state index is 0.0188. The van der Waals surface area contributed by atoms with Crippen LogP contribution in [0.3, 0.4) is 0 Å². The van der Waals surface area contributed by atoms with E-state index in [1.54, 1.807) is 13.2 Å². The number of carboxylic acid groups (broad SMARTS) is 1. The van der Waals surface area contributed by atoms with Crippen molar-refractivity contribution in [2.24, 2.45) is 5.92 Å². The largest absolute Gasteiger partial charge is 0.496 e. The number of rotatable bonds is 10. The summed E-state index contributed by atoms with van der Waals surface area (Å²) in [5.74, 6) is -0.785. The minimum atomic E-state index is -0.974. The number of amides is 1. The molecule has 0 bridgehead atoms. The summed E-state index contributed by atoms with van der Waals surface area (Å²) >= 11 is 0. The lowest BCUT2D eigenvalue weighted by Gasteiger charge is -2.16. The summed E-state index contributed by atoms with van der Waals surface area (Å²) in [5.41, 5.74) is 1.81. The molecule has 0 aromatic heterocycles. The van der Waals surface area contributed by atoms with Gasteiger partial charge in [-0.3, -0.25) is 9.59 Å². The molecule has 2 rings (SSSR count). The van der Waals surface area contributed by atoms with Crippen LogP contribution in [-0.2, 0) is 22.4 Å². The first-order chi connectivity index (χ1) is 13.0. The zero-order valence-electron chi connectivity index (χ0n) is 15.6. The third-order valence-corrected chi connectivity index (χ3v) is 4.27. The zero-order chi connectivity index (χ0) is 19.6. The van der Waals surface area contributed by atoms with Crippen molar-refractivity contribution in [1.82, 2.24) is 5.32 Å². The van der Waals surface area contributed by atoms with Crippen LogP contribution >= 0.6 is 0 Å². The van der Waals surface area contributed by atoms with Crippen LogP contribution in [0.5, 0.6) is 11.5 Å². The van der Waals surface area contributed by atoms with Crippen LogP contribution in [0.15, 0.2) is 48.5 Å². The van der Waals surface area contributed by atoms with Gasteiger partial charge in [-0.1, -0.05) is 43.3 Å². The third-order valence-electron chi connectivity index (χ3n) is 4.27. The number of hydrogen-bond acceptors (Lipinski definition) is 4. The van der Waals surface area contributed by atoms with Crippen molar-refractivity contribution < 1.29 is 24.2 Å². The molecule has 0 aliphatic rings. The summed E-state index contributed by atoms with van der Waals surface area (Å²) in [6.07, 6.45) is 1.07. The Morgan fingerprint density at radius 2 is 1.67 bits per heavy atom. The van der Waals surface area contributed by atoms with E-state index in [2.05, 4.69) is 5.32 Å². The average Bonchev–Trinajstić information content (AvgIpc) is 2.69. The molecule has 0 saturated heterocycles. The highest BCUT2D eigenvalue weighted by atomic mass is 16.5. The number of aryl methyl sites for hydroxylation is 1. The first kappa shape index (κ1) is 20.3. The first-order valence-corrected chi connectivity index (χ1v) is 8.87. The fourth-order valence-corrected chi connectivity index (χ4v) is 2.75. The number of ether oxygens (including phenoxy) is 2. The number of aliphatic carboxylic acids is 1. The summed E-state index contributed by atoms with van der Waals surface area (Å²) in [4.78, 5) is 23.6. The van der Waals surface area contributed by atoms with E-state index in [1.165, 1.54) is 0 Å². The monoisotopic (exact) mass is 371 g/mol. The van der Waals surface area contributed by atoms with Gasteiger partial charge in [-0.2, -0.15) is 0 Å². The van der Waals surface area contributed by atoms with Gasteiger partial charge >= 0.3 is 5.97 Å². The second-order valence-corrected chi connectivity index (χ2v) is 6.11. The molecule has 2 aromatic carbocycles. The molecule has 0 aliphatic heterocycles. The topological polar surface area (TPSA) is 84.9 Å². The number of hydrogen-bond donors (Lipinski definition) is 2. The lowest BCUT2D eigenvalue weighted by Crippen LogP contribution is -2.36. The lowest BCUT2D eigenvalue weighted by molar-refractivity contribution is -0.141. The maximum atomic E-state index is 12.1. The van der Waals surface area contributed by atoms with Crippen molar-refractivity contribution in [3.63, 3.8) is 0 Å². The van der Waals surface area contributed by atoms with Crippen LogP contribution in [0, 0.1) is 5.92 Å². The van der Waals surface area contributed by atoms with Crippen LogP contribution in [0.4, 0.5) is 0 Å². The molecular formula is C21H25NO5. The number of carbonyl (C=O) groups is 2. The van der Waals surface area contributed by atoms with Gasteiger partial charge in [0.2, 0.25) is 0 Å². The van der Waals surface area contributed by atoms with Crippen molar-refractivity contribution in [3.05, 3.63) is 59.7 Å². The Morgan fingerprint density at radius 1 is 1.04 bits per heavy atom. The second-order valence-electron chi connectivity index (χ2n) is 6.11. The van der Waals surface area contributed by atoms with Gasteiger partial charge in [0.25, 0.3) is 5.91 Å². The first-order valence-electron chi connectivity index (χ1n) is 8.87. The Bertz CT molecular complexity index is 775. The highest BCUT2D eigenvalue weighted by Crippen LogP contribution is 2.21. The van der Waals surface area contributed by atoms with Gasteiger partial charge in [-0.05, 0) is 36.1 Å². The molecule has 0 fully saturated rings. The molecule has 0 saturated carbocycles. The summed E-state index contributed by atoms with van der Waals surface area (Å²) in [5, 5.41) is 12.1. The molecular weight excluding hydrogens is 346 g/mol. The van der Waals surface area contributed by atoms with Gasteiger partial charge in [0, 0.05) is 6.54 Å². The molecule has 0 aliphatic carbocycles. The molecule has 1 atom stereocenters. The van der Waals surface area contributed by atoms with Gasteiger partial charge in [0.05, 0.1) is 13.0 Å². The quantitative estimate of drug-likeness (QED) is 0.671. The molecule has 27 heavy (non-hydrogen) atoms. The predicted octanol–water partition coefficient (Wildman–Crippen LogP) is 2.70.